The number of rotatable bonds is 3. The van der Waals surface area contributed by atoms with E-state index in [9.17, 15) is 14.6 Å². The van der Waals surface area contributed by atoms with Gasteiger partial charge < -0.3 is 15.1 Å². The zero-order chi connectivity index (χ0) is 15.2. The number of benzene rings is 1. The average molecular weight is 289 g/mol. The van der Waals surface area contributed by atoms with Crippen molar-refractivity contribution in [2.24, 2.45) is 17.8 Å². The number of phenols is 1. The van der Waals surface area contributed by atoms with E-state index < -0.39 is 11.4 Å². The Balaban J connectivity index is 2.05. The van der Waals surface area contributed by atoms with E-state index in [4.69, 9.17) is 0 Å². The van der Waals surface area contributed by atoms with Crippen LogP contribution < -0.4 is 0 Å². The van der Waals surface area contributed by atoms with Gasteiger partial charge in [-0.2, -0.15) is 0 Å². The number of nitrogens with zero attached hydrogens (tertiary/aromatic N) is 1. The highest BCUT2D eigenvalue weighted by atomic mass is 19.1. The number of fused-ring (bicyclic) bond motifs is 1. The monoisotopic (exact) mass is 289 g/mol. The van der Waals surface area contributed by atoms with E-state index in [0.29, 0.717) is 12.1 Å². The first kappa shape index (κ1) is 14.4. The molecule has 21 heavy (non-hydrogen) atoms. The lowest BCUT2D eigenvalue weighted by atomic mass is 9.58. The lowest BCUT2D eigenvalue weighted by Gasteiger charge is -2.50. The molecular formula is C17H20FNO2. The molecule has 1 saturated carbocycles. The second kappa shape index (κ2) is 5.01. The van der Waals surface area contributed by atoms with Crippen LogP contribution in [-0.4, -0.2) is 35.8 Å². The van der Waals surface area contributed by atoms with Crippen molar-refractivity contribution in [2.45, 2.75) is 18.4 Å². The second-order valence-electron chi connectivity index (χ2n) is 6.43. The largest absolute Gasteiger partial charge is 0.508 e. The van der Waals surface area contributed by atoms with E-state index in [2.05, 4.69) is 11.8 Å². The summed E-state index contributed by atoms with van der Waals surface area (Å²) in [5, 5.41) is 21.1. The van der Waals surface area contributed by atoms with Gasteiger partial charge in [0.15, 0.2) is 0 Å². The lowest BCUT2D eigenvalue weighted by Crippen LogP contribution is -2.53. The van der Waals surface area contributed by atoms with Crippen LogP contribution in [0.4, 0.5) is 4.39 Å². The fraction of sp³-hybridized carbons (Fsp3) is 0.529. The quantitative estimate of drug-likeness (QED) is 0.836. The molecule has 1 aromatic carbocycles. The standard InChI is InChI=1S/C17H20FNO2/c1-19(2)10-12-5-3-11-4-6-16(11)17(12,21)13-7-14(18)9-15(20)8-13/h7-9,11-12,16,20-21H,3,5,10H2,1-2H3. The van der Waals surface area contributed by atoms with Gasteiger partial charge in [-0.3, -0.25) is 0 Å². The van der Waals surface area contributed by atoms with E-state index in [-0.39, 0.29) is 23.5 Å². The van der Waals surface area contributed by atoms with Crippen molar-refractivity contribution in [2.75, 3.05) is 20.6 Å². The third-order valence-corrected chi connectivity index (χ3v) is 4.68. The highest BCUT2D eigenvalue weighted by Gasteiger charge is 2.53. The molecule has 2 aliphatic carbocycles. The Morgan fingerprint density at radius 3 is 2.62 bits per heavy atom. The maximum Gasteiger partial charge on any atom is 0.127 e. The molecule has 0 heterocycles. The number of hydrogen-bond acceptors (Lipinski definition) is 3. The Labute approximate surface area is 124 Å². The molecule has 3 nitrogen and oxygen atoms in total. The van der Waals surface area contributed by atoms with Crippen LogP contribution in [0.2, 0.25) is 0 Å². The van der Waals surface area contributed by atoms with Gasteiger partial charge in [0.25, 0.3) is 0 Å². The second-order valence-corrected chi connectivity index (χ2v) is 6.43. The molecule has 3 rings (SSSR count). The number of phenolic OH excluding ortho intramolecular Hbond substituents is 1. The molecule has 1 fully saturated rings. The van der Waals surface area contributed by atoms with E-state index in [1.807, 2.05) is 19.0 Å². The number of halogens is 1. The first-order valence-corrected chi connectivity index (χ1v) is 7.29. The summed E-state index contributed by atoms with van der Waals surface area (Å²) in [6, 6.07) is 3.85. The van der Waals surface area contributed by atoms with Crippen molar-refractivity contribution >= 4 is 0 Å². The minimum Gasteiger partial charge on any atom is -0.508 e. The van der Waals surface area contributed by atoms with Gasteiger partial charge in [-0.15, -0.1) is 0 Å². The van der Waals surface area contributed by atoms with Crippen LogP contribution in [0.15, 0.2) is 18.2 Å². The summed E-state index contributed by atoms with van der Waals surface area (Å²) in [4.78, 5) is 2.03. The smallest absolute Gasteiger partial charge is 0.127 e. The maximum atomic E-state index is 13.7. The summed E-state index contributed by atoms with van der Waals surface area (Å²) in [5.74, 6) is 5.45. The van der Waals surface area contributed by atoms with Gasteiger partial charge in [0.05, 0.1) is 5.92 Å². The van der Waals surface area contributed by atoms with Gasteiger partial charge in [0.1, 0.15) is 17.2 Å². The molecule has 0 radical (unpaired) electrons. The highest BCUT2D eigenvalue weighted by Crippen LogP contribution is 2.51. The Hall–Kier alpha value is -1.57. The predicted molar refractivity (Wildman–Crippen MR) is 78.0 cm³/mol. The van der Waals surface area contributed by atoms with Gasteiger partial charge in [-0.05, 0) is 44.6 Å². The molecule has 112 valence electrons. The van der Waals surface area contributed by atoms with E-state index in [1.54, 1.807) is 0 Å². The molecule has 0 spiro atoms. The maximum absolute atomic E-state index is 13.7. The molecule has 4 unspecified atom stereocenters. The van der Waals surface area contributed by atoms with Crippen LogP contribution in [0.25, 0.3) is 0 Å². The van der Waals surface area contributed by atoms with Crippen molar-refractivity contribution in [3.8, 4) is 17.6 Å². The SMILES string of the molecule is CN(C)CC1CCC2C#CC2C1(O)c1cc(O)cc(F)c1. The van der Waals surface area contributed by atoms with Crippen molar-refractivity contribution in [3.63, 3.8) is 0 Å². The average Bonchev–Trinajstić information content (AvgIpc) is 2.33. The van der Waals surface area contributed by atoms with Gasteiger partial charge in [0, 0.05) is 24.4 Å². The zero-order valence-electron chi connectivity index (χ0n) is 12.3. The molecule has 2 aliphatic rings. The molecule has 2 N–H and O–H groups in total. The molecule has 0 saturated heterocycles. The van der Waals surface area contributed by atoms with Gasteiger partial charge in [-0.1, -0.05) is 11.8 Å². The number of aromatic hydroxyl groups is 1. The molecule has 0 aromatic heterocycles. The molecule has 0 bridgehead atoms. The van der Waals surface area contributed by atoms with Gasteiger partial charge in [0.2, 0.25) is 0 Å². The topological polar surface area (TPSA) is 43.7 Å². The predicted octanol–water partition coefficient (Wildman–Crippen LogP) is 1.94. The van der Waals surface area contributed by atoms with E-state index >= 15 is 0 Å². The molecule has 1 aromatic rings. The van der Waals surface area contributed by atoms with Crippen molar-refractivity contribution in [3.05, 3.63) is 29.6 Å². The van der Waals surface area contributed by atoms with Crippen LogP contribution in [-0.2, 0) is 5.60 Å². The molecule has 0 amide bonds. The Bertz CT molecular complexity index is 599. The Kier molecular flexibility index (Phi) is 3.43. The summed E-state index contributed by atoms with van der Waals surface area (Å²) < 4.78 is 13.7. The summed E-state index contributed by atoms with van der Waals surface area (Å²) in [6.07, 6.45) is 1.82. The van der Waals surface area contributed by atoms with Crippen LogP contribution in [0, 0.1) is 35.4 Å². The zero-order valence-corrected chi connectivity index (χ0v) is 12.3. The Morgan fingerprint density at radius 2 is 2.05 bits per heavy atom. The van der Waals surface area contributed by atoms with Crippen LogP contribution in [0.5, 0.6) is 5.75 Å². The number of hydrogen-bond donors (Lipinski definition) is 2. The first-order chi connectivity index (χ1) is 9.91. The minimum atomic E-state index is -1.20. The van der Waals surface area contributed by atoms with Crippen molar-refractivity contribution in [1.82, 2.24) is 4.90 Å². The normalized spacial score (nSPS) is 33.9. The molecule has 4 heteroatoms. The van der Waals surface area contributed by atoms with Crippen LogP contribution in [0.3, 0.4) is 0 Å². The highest BCUT2D eigenvalue weighted by molar-refractivity contribution is 5.40. The van der Waals surface area contributed by atoms with Crippen LogP contribution >= 0.6 is 0 Å². The summed E-state index contributed by atoms with van der Waals surface area (Å²) >= 11 is 0. The van der Waals surface area contributed by atoms with E-state index in [1.165, 1.54) is 12.1 Å². The molecule has 4 atom stereocenters. The van der Waals surface area contributed by atoms with Gasteiger partial charge in [-0.25, -0.2) is 4.39 Å². The summed E-state index contributed by atoms with van der Waals surface area (Å²) in [5.41, 5.74) is -0.756. The minimum absolute atomic E-state index is 0.0236. The fourth-order valence-electron chi connectivity index (χ4n) is 3.69. The fourth-order valence-corrected chi connectivity index (χ4v) is 3.69. The lowest BCUT2D eigenvalue weighted by molar-refractivity contribution is -0.105. The number of aliphatic hydroxyl groups is 1. The summed E-state index contributed by atoms with van der Waals surface area (Å²) in [7, 11) is 3.92. The third kappa shape index (κ3) is 2.31. The van der Waals surface area contributed by atoms with Crippen molar-refractivity contribution in [1.29, 1.82) is 0 Å². The summed E-state index contributed by atoms with van der Waals surface area (Å²) in [6.45, 7) is 0.707. The van der Waals surface area contributed by atoms with E-state index in [0.717, 1.165) is 18.9 Å². The molecule has 0 aliphatic heterocycles. The third-order valence-electron chi connectivity index (χ3n) is 4.68. The van der Waals surface area contributed by atoms with Gasteiger partial charge >= 0.3 is 0 Å². The van der Waals surface area contributed by atoms with Crippen molar-refractivity contribution < 1.29 is 14.6 Å². The molecular weight excluding hydrogens is 269 g/mol. The Morgan fingerprint density at radius 1 is 1.29 bits per heavy atom. The van der Waals surface area contributed by atoms with Crippen LogP contribution in [0.1, 0.15) is 18.4 Å². The first-order valence-electron chi connectivity index (χ1n) is 7.29.